The van der Waals surface area contributed by atoms with Crippen LogP contribution >= 0.6 is 0 Å². The quantitative estimate of drug-likeness (QED) is 0.559. The first-order valence-electron chi connectivity index (χ1n) is 7.21. The molecule has 2 N–H and O–H groups in total. The number of pyridine rings is 1. The van der Waals surface area contributed by atoms with Crippen LogP contribution in [-0.2, 0) is 0 Å². The lowest BCUT2D eigenvalue weighted by Gasteiger charge is -2.10. The first kappa shape index (κ1) is 12.7. The molecular formula is C19H15N3. The first-order chi connectivity index (χ1) is 10.8. The summed E-state index contributed by atoms with van der Waals surface area (Å²) in [5, 5.41) is 0. The zero-order valence-corrected chi connectivity index (χ0v) is 12.0. The summed E-state index contributed by atoms with van der Waals surface area (Å²) >= 11 is 0. The number of anilines is 1. The third-order valence-electron chi connectivity index (χ3n) is 3.82. The number of nitrogens with zero attached hydrogens (tertiary/aromatic N) is 2. The molecular weight excluding hydrogens is 270 g/mol. The Morgan fingerprint density at radius 1 is 0.727 bits per heavy atom. The van der Waals surface area contributed by atoms with Crippen molar-refractivity contribution in [2.24, 2.45) is 0 Å². The second-order valence-corrected chi connectivity index (χ2v) is 5.23. The highest BCUT2D eigenvalue weighted by Gasteiger charge is 2.11. The zero-order chi connectivity index (χ0) is 14.9. The Hall–Kier alpha value is -3.07. The van der Waals surface area contributed by atoms with Gasteiger partial charge in [-0.1, -0.05) is 48.5 Å². The molecule has 0 aliphatic rings. The number of benzene rings is 2. The minimum atomic E-state index is 0.777. The normalized spacial score (nSPS) is 10.9. The Morgan fingerprint density at radius 2 is 1.41 bits per heavy atom. The Labute approximate surface area is 128 Å². The lowest BCUT2D eigenvalue weighted by Crippen LogP contribution is -1.91. The molecule has 0 aliphatic carbocycles. The van der Waals surface area contributed by atoms with Gasteiger partial charge < -0.3 is 10.1 Å². The predicted molar refractivity (Wildman–Crippen MR) is 90.5 cm³/mol. The van der Waals surface area contributed by atoms with E-state index < -0.39 is 0 Å². The summed E-state index contributed by atoms with van der Waals surface area (Å²) in [6, 6.07) is 22.2. The van der Waals surface area contributed by atoms with Gasteiger partial charge in [-0.25, -0.2) is 4.98 Å². The molecule has 0 aliphatic heterocycles. The van der Waals surface area contributed by atoms with Gasteiger partial charge in [0.25, 0.3) is 0 Å². The average Bonchev–Trinajstić information content (AvgIpc) is 2.99. The molecule has 0 spiro atoms. The SMILES string of the molecule is Nc1ccccc1-c1ccccc1-c1cn2ccccc2n1. The largest absolute Gasteiger partial charge is 0.398 e. The topological polar surface area (TPSA) is 43.3 Å². The third kappa shape index (κ3) is 2.04. The molecule has 0 saturated heterocycles. The van der Waals surface area contributed by atoms with Gasteiger partial charge >= 0.3 is 0 Å². The highest BCUT2D eigenvalue weighted by atomic mass is 15.0. The van der Waals surface area contributed by atoms with E-state index in [-0.39, 0.29) is 0 Å². The summed E-state index contributed by atoms with van der Waals surface area (Å²) < 4.78 is 2.03. The molecule has 0 saturated carbocycles. The number of para-hydroxylation sites is 1. The van der Waals surface area contributed by atoms with Crippen LogP contribution in [0, 0.1) is 0 Å². The average molecular weight is 285 g/mol. The molecule has 2 aromatic heterocycles. The van der Waals surface area contributed by atoms with Crippen molar-refractivity contribution in [3.05, 3.63) is 79.1 Å². The minimum Gasteiger partial charge on any atom is -0.398 e. The second kappa shape index (κ2) is 5.04. The lowest BCUT2D eigenvalue weighted by molar-refractivity contribution is 1.19. The molecule has 2 heterocycles. The summed E-state index contributed by atoms with van der Waals surface area (Å²) in [7, 11) is 0. The Morgan fingerprint density at radius 3 is 2.18 bits per heavy atom. The molecule has 4 aromatic rings. The second-order valence-electron chi connectivity index (χ2n) is 5.23. The Balaban J connectivity index is 1.95. The van der Waals surface area contributed by atoms with E-state index in [0.717, 1.165) is 33.7 Å². The molecule has 0 atom stereocenters. The molecule has 0 bridgehead atoms. The molecule has 0 radical (unpaired) electrons. The van der Waals surface area contributed by atoms with E-state index in [0.29, 0.717) is 0 Å². The van der Waals surface area contributed by atoms with Crippen molar-refractivity contribution in [3.63, 3.8) is 0 Å². The number of nitrogen functional groups attached to an aromatic ring is 1. The van der Waals surface area contributed by atoms with Crippen molar-refractivity contribution in [1.29, 1.82) is 0 Å². The predicted octanol–water partition coefficient (Wildman–Crippen LogP) is 4.25. The van der Waals surface area contributed by atoms with Crippen LogP contribution in [0.15, 0.2) is 79.1 Å². The van der Waals surface area contributed by atoms with Crippen LogP contribution in [0.25, 0.3) is 28.0 Å². The van der Waals surface area contributed by atoms with Crippen LogP contribution < -0.4 is 5.73 Å². The number of hydrogen-bond acceptors (Lipinski definition) is 2. The maximum atomic E-state index is 6.15. The molecule has 3 heteroatoms. The molecule has 22 heavy (non-hydrogen) atoms. The maximum Gasteiger partial charge on any atom is 0.137 e. The molecule has 0 amide bonds. The van der Waals surface area contributed by atoms with Crippen molar-refractivity contribution in [2.45, 2.75) is 0 Å². The first-order valence-corrected chi connectivity index (χ1v) is 7.21. The van der Waals surface area contributed by atoms with Gasteiger partial charge in [-0.05, 0) is 23.8 Å². The summed E-state index contributed by atoms with van der Waals surface area (Å²) in [5.41, 5.74) is 12.0. The standard InChI is InChI=1S/C19H15N3/c20-17-10-4-3-8-15(17)14-7-1-2-9-16(14)18-13-22-12-6-5-11-19(22)21-18/h1-13H,20H2. The van der Waals surface area contributed by atoms with E-state index in [9.17, 15) is 0 Å². The lowest BCUT2D eigenvalue weighted by atomic mass is 9.97. The number of hydrogen-bond donors (Lipinski definition) is 1. The molecule has 106 valence electrons. The summed E-state index contributed by atoms with van der Waals surface area (Å²) in [6.45, 7) is 0. The van der Waals surface area contributed by atoms with Crippen molar-refractivity contribution in [3.8, 4) is 22.4 Å². The van der Waals surface area contributed by atoms with E-state index in [1.54, 1.807) is 0 Å². The van der Waals surface area contributed by atoms with Gasteiger partial charge in [0.2, 0.25) is 0 Å². The van der Waals surface area contributed by atoms with Gasteiger partial charge in [0, 0.05) is 29.2 Å². The fourth-order valence-electron chi connectivity index (χ4n) is 2.75. The van der Waals surface area contributed by atoms with Gasteiger partial charge in [0.15, 0.2) is 0 Å². The molecule has 2 aromatic carbocycles. The van der Waals surface area contributed by atoms with Crippen molar-refractivity contribution < 1.29 is 0 Å². The van der Waals surface area contributed by atoms with E-state index in [1.165, 1.54) is 0 Å². The van der Waals surface area contributed by atoms with Gasteiger partial charge in [-0.15, -0.1) is 0 Å². The molecule has 3 nitrogen and oxygen atoms in total. The van der Waals surface area contributed by atoms with Crippen molar-refractivity contribution in [2.75, 3.05) is 5.73 Å². The van der Waals surface area contributed by atoms with Crippen LogP contribution in [0.2, 0.25) is 0 Å². The molecule has 4 rings (SSSR count). The highest BCUT2D eigenvalue weighted by molar-refractivity contribution is 5.87. The van der Waals surface area contributed by atoms with Gasteiger partial charge in [-0.3, -0.25) is 0 Å². The zero-order valence-electron chi connectivity index (χ0n) is 12.0. The van der Waals surface area contributed by atoms with Gasteiger partial charge in [0.1, 0.15) is 5.65 Å². The minimum absolute atomic E-state index is 0.777. The number of nitrogens with two attached hydrogens (primary N) is 1. The Kier molecular flexibility index (Phi) is 2.90. The molecule has 0 unspecified atom stereocenters. The van der Waals surface area contributed by atoms with E-state index in [4.69, 9.17) is 10.7 Å². The fourth-order valence-corrected chi connectivity index (χ4v) is 2.75. The smallest absolute Gasteiger partial charge is 0.137 e. The summed E-state index contributed by atoms with van der Waals surface area (Å²) in [5.74, 6) is 0. The van der Waals surface area contributed by atoms with Crippen molar-refractivity contribution in [1.82, 2.24) is 9.38 Å². The van der Waals surface area contributed by atoms with E-state index in [1.807, 2.05) is 71.4 Å². The van der Waals surface area contributed by atoms with Crippen LogP contribution in [0.1, 0.15) is 0 Å². The maximum absolute atomic E-state index is 6.15. The summed E-state index contributed by atoms with van der Waals surface area (Å²) in [4.78, 5) is 4.72. The Bertz CT molecular complexity index is 920. The van der Waals surface area contributed by atoms with E-state index >= 15 is 0 Å². The number of imidazole rings is 1. The molecule has 0 fully saturated rings. The van der Waals surface area contributed by atoms with Crippen LogP contribution in [0.3, 0.4) is 0 Å². The van der Waals surface area contributed by atoms with Crippen LogP contribution in [-0.4, -0.2) is 9.38 Å². The summed E-state index contributed by atoms with van der Waals surface area (Å²) in [6.07, 6.45) is 4.05. The van der Waals surface area contributed by atoms with Gasteiger partial charge in [-0.2, -0.15) is 0 Å². The van der Waals surface area contributed by atoms with Gasteiger partial charge in [0.05, 0.1) is 5.69 Å². The highest BCUT2D eigenvalue weighted by Crippen LogP contribution is 2.34. The fraction of sp³-hybridized carbons (Fsp3) is 0. The van der Waals surface area contributed by atoms with E-state index in [2.05, 4.69) is 12.1 Å². The van der Waals surface area contributed by atoms with Crippen molar-refractivity contribution >= 4 is 11.3 Å². The monoisotopic (exact) mass is 285 g/mol. The van der Waals surface area contributed by atoms with Crippen LogP contribution in [0.5, 0.6) is 0 Å². The number of fused-ring (bicyclic) bond motifs is 1. The number of rotatable bonds is 2. The third-order valence-corrected chi connectivity index (χ3v) is 3.82. The number of aromatic nitrogens is 2. The van der Waals surface area contributed by atoms with Crippen LogP contribution in [0.4, 0.5) is 5.69 Å².